The fraction of sp³-hybridized carbons (Fsp3) is 0.0588. The highest BCUT2D eigenvalue weighted by Crippen LogP contribution is 2.37. The van der Waals surface area contributed by atoms with E-state index in [0.717, 1.165) is 0 Å². The van der Waals surface area contributed by atoms with E-state index in [-0.39, 0.29) is 16.5 Å². The summed E-state index contributed by atoms with van der Waals surface area (Å²) < 4.78 is 15.2. The smallest absolute Gasteiger partial charge is 0.383 e. The van der Waals surface area contributed by atoms with Crippen LogP contribution in [0.15, 0.2) is 57.7 Å². The van der Waals surface area contributed by atoms with E-state index in [1.54, 1.807) is 30.3 Å². The molecule has 6 nitrogen and oxygen atoms in total. The first kappa shape index (κ1) is 14.6. The van der Waals surface area contributed by atoms with Crippen LogP contribution in [0.25, 0.3) is 11.0 Å². The third kappa shape index (κ3) is 2.62. The highest BCUT2D eigenvalue weighted by Gasteiger charge is 2.21. The zero-order valence-corrected chi connectivity index (χ0v) is 12.1. The van der Waals surface area contributed by atoms with Crippen molar-refractivity contribution < 1.29 is 23.8 Å². The summed E-state index contributed by atoms with van der Waals surface area (Å²) in [5.74, 6) is -1.56. The second kappa shape index (κ2) is 5.84. The Morgan fingerprint density at radius 3 is 2.52 bits per heavy atom. The van der Waals surface area contributed by atoms with E-state index in [9.17, 15) is 14.7 Å². The predicted molar refractivity (Wildman–Crippen MR) is 82.1 cm³/mol. The third-order valence-electron chi connectivity index (χ3n) is 3.25. The van der Waals surface area contributed by atoms with E-state index in [1.807, 2.05) is 0 Å². The SMILES string of the molecule is COc1cccc2oc(=O)c(OC(=O)c3ccccc3)c(O)c12. The fourth-order valence-corrected chi connectivity index (χ4v) is 2.17. The summed E-state index contributed by atoms with van der Waals surface area (Å²) in [6.45, 7) is 0. The van der Waals surface area contributed by atoms with Crippen molar-refractivity contribution >= 4 is 16.9 Å². The molecule has 0 saturated heterocycles. The van der Waals surface area contributed by atoms with Gasteiger partial charge in [0.05, 0.1) is 12.7 Å². The van der Waals surface area contributed by atoms with Gasteiger partial charge in [0.15, 0.2) is 5.75 Å². The zero-order valence-electron chi connectivity index (χ0n) is 12.1. The number of hydrogen-bond donors (Lipinski definition) is 1. The van der Waals surface area contributed by atoms with Gasteiger partial charge in [0, 0.05) is 0 Å². The molecule has 0 aliphatic rings. The summed E-state index contributed by atoms with van der Waals surface area (Å²) in [4.78, 5) is 24.0. The van der Waals surface area contributed by atoms with Crippen molar-refractivity contribution in [1.29, 1.82) is 0 Å². The lowest BCUT2D eigenvalue weighted by atomic mass is 10.2. The average Bonchev–Trinajstić information content (AvgIpc) is 2.58. The van der Waals surface area contributed by atoms with Crippen LogP contribution in [-0.4, -0.2) is 18.2 Å². The highest BCUT2D eigenvalue weighted by molar-refractivity contribution is 5.94. The molecular weight excluding hydrogens is 300 g/mol. The first-order chi connectivity index (χ1) is 11.1. The number of benzene rings is 2. The maximum Gasteiger partial charge on any atom is 0.383 e. The van der Waals surface area contributed by atoms with Gasteiger partial charge in [-0.1, -0.05) is 24.3 Å². The fourth-order valence-electron chi connectivity index (χ4n) is 2.17. The number of esters is 1. The third-order valence-corrected chi connectivity index (χ3v) is 3.25. The topological polar surface area (TPSA) is 86.0 Å². The molecule has 2 aromatic carbocycles. The first-order valence-electron chi connectivity index (χ1n) is 6.72. The normalized spacial score (nSPS) is 10.5. The molecule has 23 heavy (non-hydrogen) atoms. The number of hydrogen-bond acceptors (Lipinski definition) is 6. The maximum atomic E-state index is 12.1. The molecule has 0 saturated carbocycles. The molecule has 1 N–H and O–H groups in total. The van der Waals surface area contributed by atoms with Gasteiger partial charge in [-0.25, -0.2) is 9.59 Å². The maximum absolute atomic E-state index is 12.1. The molecule has 0 amide bonds. The Morgan fingerprint density at radius 1 is 1.09 bits per heavy atom. The Balaban J connectivity index is 2.11. The van der Waals surface area contributed by atoms with Gasteiger partial charge in [-0.2, -0.15) is 0 Å². The molecule has 0 spiro atoms. The Kier molecular flexibility index (Phi) is 3.72. The van der Waals surface area contributed by atoms with Gasteiger partial charge in [-0.15, -0.1) is 0 Å². The van der Waals surface area contributed by atoms with Crippen LogP contribution in [0.4, 0.5) is 0 Å². The van der Waals surface area contributed by atoms with Crippen LogP contribution in [0.1, 0.15) is 10.4 Å². The van der Waals surface area contributed by atoms with Crippen LogP contribution < -0.4 is 15.1 Å². The average molecular weight is 312 g/mol. The Bertz CT molecular complexity index is 927. The summed E-state index contributed by atoms with van der Waals surface area (Å²) in [6.07, 6.45) is 0. The summed E-state index contributed by atoms with van der Waals surface area (Å²) in [6, 6.07) is 12.8. The van der Waals surface area contributed by atoms with Crippen molar-refractivity contribution in [2.45, 2.75) is 0 Å². The number of carbonyl (C=O) groups is 1. The number of fused-ring (bicyclic) bond motifs is 1. The van der Waals surface area contributed by atoms with Crippen LogP contribution >= 0.6 is 0 Å². The predicted octanol–water partition coefficient (Wildman–Crippen LogP) is 2.73. The van der Waals surface area contributed by atoms with Crippen molar-refractivity contribution in [2.75, 3.05) is 7.11 Å². The van der Waals surface area contributed by atoms with E-state index >= 15 is 0 Å². The molecular formula is C17H12O6. The van der Waals surface area contributed by atoms with Gasteiger partial charge < -0.3 is 19.0 Å². The molecule has 0 bridgehead atoms. The van der Waals surface area contributed by atoms with Gasteiger partial charge >= 0.3 is 11.6 Å². The van der Waals surface area contributed by atoms with E-state index < -0.39 is 23.1 Å². The van der Waals surface area contributed by atoms with Gasteiger partial charge in [-0.3, -0.25) is 0 Å². The Labute approximate surface area is 130 Å². The molecule has 0 atom stereocenters. The number of methoxy groups -OCH3 is 1. The second-order valence-electron chi connectivity index (χ2n) is 4.66. The number of carbonyl (C=O) groups excluding carboxylic acids is 1. The van der Waals surface area contributed by atoms with Crippen LogP contribution in [-0.2, 0) is 0 Å². The Morgan fingerprint density at radius 2 is 1.83 bits per heavy atom. The minimum Gasteiger partial charge on any atom is -0.503 e. The molecule has 0 fully saturated rings. The van der Waals surface area contributed by atoms with E-state index in [2.05, 4.69) is 0 Å². The van der Waals surface area contributed by atoms with Crippen molar-refractivity contribution in [3.63, 3.8) is 0 Å². The highest BCUT2D eigenvalue weighted by atomic mass is 16.6. The molecule has 0 aliphatic heterocycles. The number of rotatable bonds is 3. The standard InChI is InChI=1S/C17H12O6/c1-21-11-8-5-9-12-13(11)14(18)15(17(20)22-12)23-16(19)10-6-3-2-4-7-10/h2-9,18H,1H3. The second-order valence-corrected chi connectivity index (χ2v) is 4.66. The zero-order chi connectivity index (χ0) is 16.4. The lowest BCUT2D eigenvalue weighted by molar-refractivity contribution is 0.0723. The van der Waals surface area contributed by atoms with Crippen LogP contribution in [0.3, 0.4) is 0 Å². The van der Waals surface area contributed by atoms with Crippen LogP contribution in [0, 0.1) is 0 Å². The molecule has 3 aromatic rings. The van der Waals surface area contributed by atoms with Gasteiger partial charge in [-0.05, 0) is 24.3 Å². The first-order valence-corrected chi connectivity index (χ1v) is 6.72. The van der Waals surface area contributed by atoms with Gasteiger partial charge in [0.25, 0.3) is 5.75 Å². The largest absolute Gasteiger partial charge is 0.503 e. The van der Waals surface area contributed by atoms with E-state index in [0.29, 0.717) is 5.75 Å². The van der Waals surface area contributed by atoms with Crippen LogP contribution in [0.2, 0.25) is 0 Å². The molecule has 0 aliphatic carbocycles. The molecule has 6 heteroatoms. The summed E-state index contributed by atoms with van der Waals surface area (Å²) in [7, 11) is 1.41. The van der Waals surface area contributed by atoms with E-state index in [1.165, 1.54) is 25.3 Å². The molecule has 1 aromatic heterocycles. The van der Waals surface area contributed by atoms with Crippen LogP contribution in [0.5, 0.6) is 17.2 Å². The van der Waals surface area contributed by atoms with Crippen molar-refractivity contribution in [2.24, 2.45) is 0 Å². The molecule has 0 unspecified atom stereocenters. The number of ether oxygens (including phenoxy) is 2. The number of aromatic hydroxyl groups is 1. The molecule has 116 valence electrons. The summed E-state index contributed by atoms with van der Waals surface area (Å²) in [5.41, 5.74) is -0.578. The monoisotopic (exact) mass is 312 g/mol. The minimum atomic E-state index is -0.951. The van der Waals surface area contributed by atoms with Gasteiger partial charge in [0.1, 0.15) is 16.7 Å². The van der Waals surface area contributed by atoms with Crippen molar-refractivity contribution in [1.82, 2.24) is 0 Å². The molecule has 1 heterocycles. The Hall–Kier alpha value is -3.28. The van der Waals surface area contributed by atoms with E-state index in [4.69, 9.17) is 13.9 Å². The van der Waals surface area contributed by atoms with Gasteiger partial charge in [0.2, 0.25) is 0 Å². The quantitative estimate of drug-likeness (QED) is 0.591. The lowest BCUT2D eigenvalue weighted by Crippen LogP contribution is -2.14. The molecule has 0 radical (unpaired) electrons. The molecule has 3 rings (SSSR count). The van der Waals surface area contributed by atoms with Crippen molar-refractivity contribution in [3.05, 3.63) is 64.5 Å². The summed E-state index contributed by atoms with van der Waals surface area (Å²) in [5, 5.41) is 10.5. The lowest BCUT2D eigenvalue weighted by Gasteiger charge is -2.09. The summed E-state index contributed by atoms with van der Waals surface area (Å²) >= 11 is 0. The van der Waals surface area contributed by atoms with Crippen molar-refractivity contribution in [3.8, 4) is 17.2 Å². The minimum absolute atomic E-state index is 0.131.